The Labute approximate surface area is 243 Å². The molecule has 0 unspecified atom stereocenters. The second-order valence-electron chi connectivity index (χ2n) is 8.64. The van der Waals surface area contributed by atoms with E-state index in [-0.39, 0.29) is 22.4 Å². The summed E-state index contributed by atoms with van der Waals surface area (Å²) in [6, 6.07) is 22.9. The smallest absolute Gasteiger partial charge is 0.278 e. The number of thiazole rings is 1. The van der Waals surface area contributed by atoms with Crippen LogP contribution in [0.2, 0.25) is 0 Å². The van der Waals surface area contributed by atoms with E-state index in [4.69, 9.17) is 21.9 Å². The normalized spacial score (nSPS) is 11.1. The summed E-state index contributed by atoms with van der Waals surface area (Å²) >= 11 is 7.94. The van der Waals surface area contributed by atoms with Crippen molar-refractivity contribution in [2.45, 2.75) is 18.5 Å². The van der Waals surface area contributed by atoms with Crippen LogP contribution in [0.3, 0.4) is 0 Å². The number of hydrogen-bond acceptors (Lipinski definition) is 7. The third kappa shape index (κ3) is 6.01. The molecule has 0 spiro atoms. The molecule has 0 aliphatic heterocycles. The van der Waals surface area contributed by atoms with Gasteiger partial charge in [-0.15, -0.1) is 0 Å². The van der Waals surface area contributed by atoms with Crippen molar-refractivity contribution in [3.8, 4) is 17.1 Å². The highest BCUT2D eigenvalue weighted by Crippen LogP contribution is 2.31. The van der Waals surface area contributed by atoms with Crippen molar-refractivity contribution >= 4 is 51.6 Å². The molecule has 11 heteroatoms. The van der Waals surface area contributed by atoms with E-state index in [0.29, 0.717) is 51.0 Å². The molecule has 0 bridgehead atoms. The SMILES string of the molecule is CCOc1ccccc1-n1c(=S)sc2c(=O)n(-c3ccc(F)cc3)c(SCC(=O)NCCc3ccccc3)nc21. The van der Waals surface area contributed by atoms with Crippen LogP contribution in [-0.2, 0) is 11.2 Å². The number of carbonyl (C=O) groups excluding carboxylic acids is 1. The maximum absolute atomic E-state index is 13.9. The van der Waals surface area contributed by atoms with Crippen LogP contribution in [0.5, 0.6) is 5.75 Å². The lowest BCUT2D eigenvalue weighted by Crippen LogP contribution is -2.28. The van der Waals surface area contributed by atoms with Gasteiger partial charge in [-0.25, -0.2) is 9.37 Å². The Morgan fingerprint density at radius 3 is 2.52 bits per heavy atom. The van der Waals surface area contributed by atoms with E-state index >= 15 is 0 Å². The molecule has 0 saturated carbocycles. The number of thioether (sulfide) groups is 1. The highest BCUT2D eigenvalue weighted by atomic mass is 32.2. The molecule has 3 aromatic carbocycles. The topological polar surface area (TPSA) is 78.1 Å². The van der Waals surface area contributed by atoms with Gasteiger partial charge in [-0.2, -0.15) is 0 Å². The van der Waals surface area contributed by atoms with Crippen molar-refractivity contribution in [2.24, 2.45) is 0 Å². The van der Waals surface area contributed by atoms with Gasteiger partial charge in [0.2, 0.25) is 5.91 Å². The molecule has 40 heavy (non-hydrogen) atoms. The van der Waals surface area contributed by atoms with Crippen molar-refractivity contribution in [1.29, 1.82) is 0 Å². The summed E-state index contributed by atoms with van der Waals surface area (Å²) in [5.74, 6) is 0.0307. The van der Waals surface area contributed by atoms with E-state index in [0.717, 1.165) is 28.7 Å². The molecule has 7 nitrogen and oxygen atoms in total. The fourth-order valence-electron chi connectivity index (χ4n) is 4.15. The van der Waals surface area contributed by atoms with Gasteiger partial charge >= 0.3 is 0 Å². The maximum Gasteiger partial charge on any atom is 0.278 e. The van der Waals surface area contributed by atoms with Gasteiger partial charge in [0.15, 0.2) is 14.8 Å². The molecule has 204 valence electrons. The zero-order chi connectivity index (χ0) is 28.1. The van der Waals surface area contributed by atoms with Crippen LogP contribution in [0, 0.1) is 9.77 Å². The molecule has 5 aromatic rings. The number of rotatable bonds is 10. The molecular formula is C29H25FN4O3S3. The Hall–Kier alpha value is -3.80. The Bertz CT molecular complexity index is 1770. The lowest BCUT2D eigenvalue weighted by Gasteiger charge is -2.14. The first-order chi connectivity index (χ1) is 19.5. The van der Waals surface area contributed by atoms with Crippen LogP contribution in [0.4, 0.5) is 4.39 Å². The van der Waals surface area contributed by atoms with E-state index in [2.05, 4.69) is 5.32 Å². The van der Waals surface area contributed by atoms with Gasteiger partial charge in [0.05, 0.1) is 23.7 Å². The van der Waals surface area contributed by atoms with E-state index in [1.165, 1.54) is 28.8 Å². The molecule has 1 N–H and O–H groups in total. The van der Waals surface area contributed by atoms with Gasteiger partial charge in [0, 0.05) is 6.54 Å². The Morgan fingerprint density at radius 2 is 1.77 bits per heavy atom. The summed E-state index contributed by atoms with van der Waals surface area (Å²) in [7, 11) is 0. The van der Waals surface area contributed by atoms with Crippen molar-refractivity contribution in [2.75, 3.05) is 18.9 Å². The third-order valence-electron chi connectivity index (χ3n) is 5.98. The Balaban J connectivity index is 1.52. The third-order valence-corrected chi connectivity index (χ3v) is 8.27. The average Bonchev–Trinajstić information content (AvgIpc) is 3.29. The fourth-order valence-corrected chi connectivity index (χ4v) is 6.28. The zero-order valence-electron chi connectivity index (χ0n) is 21.5. The predicted molar refractivity (Wildman–Crippen MR) is 160 cm³/mol. The standard InChI is InChI=1S/C29H25FN4O3S3/c1-2-37-23-11-7-6-10-22(23)34-26-25(40-29(34)38)27(36)33(21-14-12-20(30)13-15-21)28(32-26)39-18-24(35)31-17-16-19-8-4-3-5-9-19/h3-15H,2,16-18H2,1H3,(H,31,35). The summed E-state index contributed by atoms with van der Waals surface area (Å²) < 4.78 is 23.4. The number of nitrogens with one attached hydrogen (secondary N) is 1. The average molecular weight is 593 g/mol. The Kier molecular flexibility index (Phi) is 8.73. The van der Waals surface area contributed by atoms with Gasteiger partial charge in [0.1, 0.15) is 16.3 Å². The van der Waals surface area contributed by atoms with Crippen LogP contribution in [0.15, 0.2) is 88.8 Å². The van der Waals surface area contributed by atoms with Gasteiger partial charge in [-0.3, -0.25) is 18.7 Å². The van der Waals surface area contributed by atoms with E-state index in [9.17, 15) is 14.0 Å². The molecule has 5 rings (SSSR count). The number of hydrogen-bond donors (Lipinski definition) is 1. The first-order valence-electron chi connectivity index (χ1n) is 12.6. The minimum Gasteiger partial charge on any atom is -0.492 e. The molecule has 0 aliphatic carbocycles. The summed E-state index contributed by atoms with van der Waals surface area (Å²) in [5, 5.41) is 3.21. The number of nitrogens with zero attached hydrogens (tertiary/aromatic N) is 3. The van der Waals surface area contributed by atoms with Crippen LogP contribution in [0.1, 0.15) is 12.5 Å². The van der Waals surface area contributed by atoms with Crippen molar-refractivity contribution in [1.82, 2.24) is 19.4 Å². The molecule has 0 fully saturated rings. The number of ether oxygens (including phenoxy) is 1. The first kappa shape index (κ1) is 27.8. The summed E-state index contributed by atoms with van der Waals surface area (Å²) in [6.07, 6.45) is 0.706. The number of carbonyl (C=O) groups is 1. The largest absolute Gasteiger partial charge is 0.492 e. The van der Waals surface area contributed by atoms with Crippen molar-refractivity contribution in [3.05, 3.63) is 105 Å². The summed E-state index contributed by atoms with van der Waals surface area (Å²) in [4.78, 5) is 31.4. The van der Waals surface area contributed by atoms with Crippen LogP contribution < -0.4 is 15.6 Å². The van der Waals surface area contributed by atoms with Gasteiger partial charge in [-0.1, -0.05) is 65.6 Å². The predicted octanol–water partition coefficient (Wildman–Crippen LogP) is 5.96. The van der Waals surface area contributed by atoms with Crippen LogP contribution in [-0.4, -0.2) is 38.9 Å². The molecule has 2 aromatic heterocycles. The molecule has 0 radical (unpaired) electrons. The van der Waals surface area contributed by atoms with Crippen LogP contribution >= 0.6 is 35.3 Å². The number of fused-ring (bicyclic) bond motifs is 1. The van der Waals surface area contributed by atoms with Crippen LogP contribution in [0.25, 0.3) is 21.7 Å². The molecule has 1 amide bonds. The minimum absolute atomic E-state index is 0.0360. The minimum atomic E-state index is -0.424. The highest BCUT2D eigenvalue weighted by Gasteiger charge is 2.21. The number of para-hydroxylation sites is 2. The number of aromatic nitrogens is 3. The van der Waals surface area contributed by atoms with E-state index in [1.807, 2.05) is 61.5 Å². The lowest BCUT2D eigenvalue weighted by molar-refractivity contribution is -0.118. The first-order valence-corrected chi connectivity index (χ1v) is 14.8. The highest BCUT2D eigenvalue weighted by molar-refractivity contribution is 7.99. The number of amides is 1. The van der Waals surface area contributed by atoms with Crippen molar-refractivity contribution in [3.63, 3.8) is 0 Å². The van der Waals surface area contributed by atoms with E-state index in [1.54, 1.807) is 4.57 Å². The van der Waals surface area contributed by atoms with Crippen molar-refractivity contribution < 1.29 is 13.9 Å². The molecule has 0 atom stereocenters. The fraction of sp³-hybridized carbons (Fsp3) is 0.172. The molecule has 2 heterocycles. The number of benzene rings is 3. The monoisotopic (exact) mass is 592 g/mol. The van der Waals surface area contributed by atoms with Gasteiger partial charge in [-0.05, 0) is 67.5 Å². The molecular weight excluding hydrogens is 568 g/mol. The maximum atomic E-state index is 13.9. The number of halogens is 1. The van der Waals surface area contributed by atoms with Gasteiger partial charge in [0.25, 0.3) is 5.56 Å². The van der Waals surface area contributed by atoms with Gasteiger partial charge < -0.3 is 10.1 Å². The second-order valence-corrected chi connectivity index (χ2v) is 11.2. The quantitative estimate of drug-likeness (QED) is 0.123. The second kappa shape index (κ2) is 12.6. The summed E-state index contributed by atoms with van der Waals surface area (Å²) in [5.41, 5.74) is 2.25. The summed E-state index contributed by atoms with van der Waals surface area (Å²) in [6.45, 7) is 2.83. The lowest BCUT2D eigenvalue weighted by atomic mass is 10.1. The zero-order valence-corrected chi connectivity index (χ0v) is 24.0. The van der Waals surface area contributed by atoms with E-state index < -0.39 is 5.82 Å². The molecule has 0 saturated heterocycles. The Morgan fingerprint density at radius 1 is 1.05 bits per heavy atom. The molecule has 0 aliphatic rings.